The topological polar surface area (TPSA) is 25.8 Å². The average Bonchev–Trinajstić information content (AvgIpc) is 2.30. The fourth-order valence-corrected chi connectivity index (χ4v) is 1.53. The summed E-state index contributed by atoms with van der Waals surface area (Å²) in [6, 6.07) is 5.99. The van der Waals surface area contributed by atoms with E-state index in [1.54, 1.807) is 12.1 Å². The molecule has 0 N–H and O–H groups in total. The number of benzene rings is 1. The second-order valence-corrected chi connectivity index (χ2v) is 3.54. The Labute approximate surface area is 97.4 Å². The highest BCUT2D eigenvalue weighted by molar-refractivity contribution is 6.31. The molecule has 0 unspecified atom stereocenters. The SMILES string of the molecule is C=C(c1ccc(F)cc1)c1nccnc1Cl. The first-order valence-corrected chi connectivity index (χ1v) is 4.98. The largest absolute Gasteiger partial charge is 0.251 e. The lowest BCUT2D eigenvalue weighted by atomic mass is 10.1. The minimum absolute atomic E-state index is 0.289. The van der Waals surface area contributed by atoms with Gasteiger partial charge in [-0.05, 0) is 17.7 Å². The van der Waals surface area contributed by atoms with Crippen LogP contribution in [0.1, 0.15) is 11.3 Å². The lowest BCUT2D eigenvalue weighted by molar-refractivity contribution is 0.627. The van der Waals surface area contributed by atoms with Gasteiger partial charge in [0.15, 0.2) is 5.15 Å². The van der Waals surface area contributed by atoms with Crippen molar-refractivity contribution in [2.24, 2.45) is 0 Å². The van der Waals surface area contributed by atoms with Gasteiger partial charge in [-0.25, -0.2) is 9.37 Å². The van der Waals surface area contributed by atoms with Crippen molar-refractivity contribution >= 4 is 17.2 Å². The maximum atomic E-state index is 12.7. The average molecular weight is 235 g/mol. The van der Waals surface area contributed by atoms with Crippen LogP contribution in [0.15, 0.2) is 43.2 Å². The van der Waals surface area contributed by atoms with Gasteiger partial charge in [0.05, 0.1) is 0 Å². The first-order valence-electron chi connectivity index (χ1n) is 4.60. The molecule has 2 nitrogen and oxygen atoms in total. The summed E-state index contributed by atoms with van der Waals surface area (Å²) in [4.78, 5) is 8.00. The molecule has 0 spiro atoms. The van der Waals surface area contributed by atoms with E-state index >= 15 is 0 Å². The number of aromatic nitrogens is 2. The van der Waals surface area contributed by atoms with Gasteiger partial charge >= 0.3 is 0 Å². The monoisotopic (exact) mass is 234 g/mol. The summed E-state index contributed by atoms with van der Waals surface area (Å²) < 4.78 is 12.7. The molecule has 0 aliphatic carbocycles. The van der Waals surface area contributed by atoms with Crippen LogP contribution in [0.2, 0.25) is 5.15 Å². The van der Waals surface area contributed by atoms with Crippen LogP contribution in [0.25, 0.3) is 5.57 Å². The third-order valence-electron chi connectivity index (χ3n) is 2.13. The van der Waals surface area contributed by atoms with Crippen LogP contribution in [0.3, 0.4) is 0 Å². The third kappa shape index (κ3) is 2.09. The van der Waals surface area contributed by atoms with E-state index in [9.17, 15) is 4.39 Å². The molecular weight excluding hydrogens is 227 g/mol. The maximum Gasteiger partial charge on any atom is 0.155 e. The van der Waals surface area contributed by atoms with Crippen molar-refractivity contribution in [3.8, 4) is 0 Å². The zero-order valence-corrected chi connectivity index (χ0v) is 9.08. The molecule has 0 bridgehead atoms. The van der Waals surface area contributed by atoms with Gasteiger partial charge in [0.1, 0.15) is 11.5 Å². The quantitative estimate of drug-likeness (QED) is 0.797. The van der Waals surface area contributed by atoms with Crippen LogP contribution in [0.5, 0.6) is 0 Å². The molecule has 1 aromatic heterocycles. The number of nitrogens with zero attached hydrogens (tertiary/aromatic N) is 2. The number of hydrogen-bond donors (Lipinski definition) is 0. The Morgan fingerprint density at radius 2 is 1.75 bits per heavy atom. The van der Waals surface area contributed by atoms with E-state index in [-0.39, 0.29) is 11.0 Å². The third-order valence-corrected chi connectivity index (χ3v) is 2.41. The maximum absolute atomic E-state index is 12.7. The van der Waals surface area contributed by atoms with Crippen molar-refractivity contribution in [1.82, 2.24) is 9.97 Å². The highest BCUT2D eigenvalue weighted by atomic mass is 35.5. The molecule has 2 aromatic rings. The fraction of sp³-hybridized carbons (Fsp3) is 0. The Balaban J connectivity index is 2.40. The van der Waals surface area contributed by atoms with Crippen molar-refractivity contribution in [3.05, 3.63) is 65.5 Å². The summed E-state index contributed by atoms with van der Waals surface area (Å²) >= 11 is 5.89. The molecule has 1 heterocycles. The van der Waals surface area contributed by atoms with Gasteiger partial charge in [-0.1, -0.05) is 30.3 Å². The van der Waals surface area contributed by atoms with Gasteiger partial charge in [-0.15, -0.1) is 0 Å². The first-order chi connectivity index (χ1) is 7.68. The molecule has 16 heavy (non-hydrogen) atoms. The van der Waals surface area contributed by atoms with Crippen molar-refractivity contribution in [2.45, 2.75) is 0 Å². The minimum atomic E-state index is -0.290. The van der Waals surface area contributed by atoms with Crippen LogP contribution in [0, 0.1) is 5.82 Å². The number of hydrogen-bond acceptors (Lipinski definition) is 2. The summed E-state index contributed by atoms with van der Waals surface area (Å²) in [6.45, 7) is 3.88. The Morgan fingerprint density at radius 3 is 2.38 bits per heavy atom. The molecule has 0 fully saturated rings. The fourth-order valence-electron chi connectivity index (χ4n) is 1.31. The standard InChI is InChI=1S/C12H8ClFN2/c1-8(9-2-4-10(14)5-3-9)11-12(13)16-7-6-15-11/h2-7H,1H2. The van der Waals surface area contributed by atoms with Crippen LogP contribution in [0.4, 0.5) is 4.39 Å². The summed E-state index contributed by atoms with van der Waals surface area (Å²) in [5.41, 5.74) is 1.90. The Morgan fingerprint density at radius 1 is 1.12 bits per heavy atom. The van der Waals surface area contributed by atoms with Crippen LogP contribution >= 0.6 is 11.6 Å². The summed E-state index contributed by atoms with van der Waals surface area (Å²) in [5.74, 6) is -0.290. The molecular formula is C12H8ClFN2. The molecule has 80 valence electrons. The molecule has 0 saturated carbocycles. The summed E-state index contributed by atoms with van der Waals surface area (Å²) in [6.07, 6.45) is 3.04. The molecule has 0 radical (unpaired) electrons. The van der Waals surface area contributed by atoms with Crippen molar-refractivity contribution < 1.29 is 4.39 Å². The highest BCUT2D eigenvalue weighted by Gasteiger charge is 2.08. The highest BCUT2D eigenvalue weighted by Crippen LogP contribution is 2.24. The van der Waals surface area contributed by atoms with Crippen LogP contribution < -0.4 is 0 Å². The zero-order chi connectivity index (χ0) is 11.5. The van der Waals surface area contributed by atoms with E-state index in [1.807, 2.05) is 0 Å². The molecule has 0 aliphatic rings. The second kappa shape index (κ2) is 4.41. The minimum Gasteiger partial charge on any atom is -0.251 e. The number of rotatable bonds is 2. The van der Waals surface area contributed by atoms with E-state index in [0.717, 1.165) is 5.56 Å². The molecule has 0 aliphatic heterocycles. The van der Waals surface area contributed by atoms with Crippen molar-refractivity contribution in [1.29, 1.82) is 0 Å². The second-order valence-electron chi connectivity index (χ2n) is 3.18. The predicted molar refractivity (Wildman–Crippen MR) is 61.6 cm³/mol. The summed E-state index contributed by atoms with van der Waals surface area (Å²) in [5, 5.41) is 0.289. The van der Waals surface area contributed by atoms with E-state index in [4.69, 9.17) is 11.6 Å². The molecule has 4 heteroatoms. The van der Waals surface area contributed by atoms with Gasteiger partial charge in [-0.2, -0.15) is 0 Å². The van der Waals surface area contributed by atoms with Crippen LogP contribution in [-0.4, -0.2) is 9.97 Å². The summed E-state index contributed by atoms with van der Waals surface area (Å²) in [7, 11) is 0. The molecule has 0 atom stereocenters. The van der Waals surface area contributed by atoms with Gasteiger partial charge in [0, 0.05) is 18.0 Å². The smallest absolute Gasteiger partial charge is 0.155 e. The van der Waals surface area contributed by atoms with Crippen molar-refractivity contribution in [2.75, 3.05) is 0 Å². The molecule has 0 saturated heterocycles. The first kappa shape index (κ1) is 10.8. The molecule has 1 aromatic carbocycles. The normalized spacial score (nSPS) is 10.1. The van der Waals surface area contributed by atoms with Crippen LogP contribution in [-0.2, 0) is 0 Å². The Hall–Kier alpha value is -1.74. The van der Waals surface area contributed by atoms with Gasteiger partial charge in [0.2, 0.25) is 0 Å². The Bertz CT molecular complexity index is 523. The molecule has 2 rings (SSSR count). The Kier molecular flexibility index (Phi) is 2.97. The predicted octanol–water partition coefficient (Wildman–Crippen LogP) is 3.33. The van der Waals surface area contributed by atoms with Crippen molar-refractivity contribution in [3.63, 3.8) is 0 Å². The number of halogens is 2. The van der Waals surface area contributed by atoms with Gasteiger partial charge in [0.25, 0.3) is 0 Å². The zero-order valence-electron chi connectivity index (χ0n) is 8.32. The van der Waals surface area contributed by atoms with Gasteiger partial charge < -0.3 is 0 Å². The van der Waals surface area contributed by atoms with Gasteiger partial charge in [-0.3, -0.25) is 4.98 Å². The molecule has 0 amide bonds. The van der Waals surface area contributed by atoms with E-state index < -0.39 is 0 Å². The van der Waals surface area contributed by atoms with E-state index in [0.29, 0.717) is 11.3 Å². The lowest BCUT2D eigenvalue weighted by Gasteiger charge is -2.05. The van der Waals surface area contributed by atoms with E-state index in [2.05, 4.69) is 16.5 Å². The van der Waals surface area contributed by atoms with E-state index in [1.165, 1.54) is 24.5 Å². The lowest BCUT2D eigenvalue weighted by Crippen LogP contribution is -1.93.